The van der Waals surface area contributed by atoms with Gasteiger partial charge in [-0.15, -0.1) is 0 Å². The zero-order chi connectivity index (χ0) is 12.1. The molecule has 1 fully saturated rings. The molecule has 0 spiro atoms. The topological polar surface area (TPSA) is 63.3 Å². The van der Waals surface area contributed by atoms with E-state index in [1.54, 1.807) is 6.20 Å². The summed E-state index contributed by atoms with van der Waals surface area (Å²) in [5.74, 6) is 0.543. The molecule has 0 bridgehead atoms. The van der Waals surface area contributed by atoms with Gasteiger partial charge in [0.15, 0.2) is 5.96 Å². The van der Waals surface area contributed by atoms with Crippen molar-refractivity contribution in [3.63, 3.8) is 0 Å². The molecule has 1 saturated carbocycles. The Morgan fingerprint density at radius 2 is 2.29 bits per heavy atom. The monoisotopic (exact) mass is 232 g/mol. The minimum absolute atomic E-state index is 0.517. The number of nitrogens with zero attached hydrogens (tertiary/aromatic N) is 2. The number of hydrogen-bond donors (Lipinski definition) is 2. The van der Waals surface area contributed by atoms with Crippen LogP contribution < -0.4 is 11.1 Å². The molecule has 17 heavy (non-hydrogen) atoms. The molecule has 1 aromatic rings. The molecular formula is C13H20N4. The van der Waals surface area contributed by atoms with Crippen LogP contribution in [-0.4, -0.2) is 17.0 Å². The third-order valence-electron chi connectivity index (χ3n) is 3.22. The highest BCUT2D eigenvalue weighted by atomic mass is 15.1. The van der Waals surface area contributed by atoms with Crippen LogP contribution in [0, 0.1) is 6.92 Å². The molecule has 0 atom stereocenters. The van der Waals surface area contributed by atoms with E-state index in [0.717, 1.165) is 11.3 Å². The van der Waals surface area contributed by atoms with Gasteiger partial charge in [0.2, 0.25) is 0 Å². The van der Waals surface area contributed by atoms with Gasteiger partial charge in [-0.2, -0.15) is 0 Å². The third kappa shape index (κ3) is 3.44. The summed E-state index contributed by atoms with van der Waals surface area (Å²) in [6.07, 6.45) is 6.80. The fraction of sp³-hybridized carbons (Fsp3) is 0.538. The van der Waals surface area contributed by atoms with Gasteiger partial charge in [-0.25, -0.2) is 4.99 Å². The molecule has 0 amide bonds. The van der Waals surface area contributed by atoms with Crippen molar-refractivity contribution in [2.24, 2.45) is 10.7 Å². The molecule has 1 heterocycles. The Balaban J connectivity index is 1.89. The van der Waals surface area contributed by atoms with Crippen LogP contribution in [-0.2, 0) is 6.54 Å². The average molecular weight is 232 g/mol. The van der Waals surface area contributed by atoms with Gasteiger partial charge in [0.1, 0.15) is 0 Å². The summed E-state index contributed by atoms with van der Waals surface area (Å²) in [4.78, 5) is 8.63. The van der Waals surface area contributed by atoms with E-state index in [1.165, 1.54) is 25.7 Å². The molecule has 0 radical (unpaired) electrons. The van der Waals surface area contributed by atoms with Gasteiger partial charge in [0.05, 0.1) is 12.2 Å². The van der Waals surface area contributed by atoms with Crippen molar-refractivity contribution < 1.29 is 0 Å². The van der Waals surface area contributed by atoms with Crippen molar-refractivity contribution in [2.75, 3.05) is 0 Å². The number of rotatable bonds is 3. The number of nitrogens with two attached hydrogens (primary N) is 1. The molecule has 4 nitrogen and oxygen atoms in total. The van der Waals surface area contributed by atoms with Gasteiger partial charge in [-0.3, -0.25) is 4.98 Å². The molecule has 2 rings (SSSR count). The molecule has 0 aliphatic heterocycles. The van der Waals surface area contributed by atoms with Crippen LogP contribution >= 0.6 is 0 Å². The summed E-state index contributed by atoms with van der Waals surface area (Å²) >= 11 is 0. The van der Waals surface area contributed by atoms with E-state index in [0.29, 0.717) is 18.5 Å². The van der Waals surface area contributed by atoms with Gasteiger partial charge in [-0.1, -0.05) is 18.9 Å². The van der Waals surface area contributed by atoms with E-state index in [9.17, 15) is 0 Å². The second kappa shape index (κ2) is 5.66. The molecule has 4 heteroatoms. The summed E-state index contributed by atoms with van der Waals surface area (Å²) in [6.45, 7) is 2.59. The van der Waals surface area contributed by atoms with Crippen LogP contribution in [0.1, 0.15) is 36.9 Å². The van der Waals surface area contributed by atoms with Gasteiger partial charge in [-0.05, 0) is 31.4 Å². The van der Waals surface area contributed by atoms with Crippen LogP contribution in [0.3, 0.4) is 0 Å². The highest BCUT2D eigenvalue weighted by Crippen LogP contribution is 2.17. The Labute approximate surface area is 102 Å². The lowest BCUT2D eigenvalue weighted by Crippen LogP contribution is -2.38. The first-order valence-electron chi connectivity index (χ1n) is 6.22. The summed E-state index contributed by atoms with van der Waals surface area (Å²) in [6, 6.07) is 4.49. The molecule has 0 saturated heterocycles. The minimum Gasteiger partial charge on any atom is -0.370 e. The van der Waals surface area contributed by atoms with Crippen molar-refractivity contribution in [3.05, 3.63) is 29.6 Å². The molecular weight excluding hydrogens is 212 g/mol. The molecule has 92 valence electrons. The molecule has 0 aromatic carbocycles. The van der Waals surface area contributed by atoms with Crippen LogP contribution in [0.2, 0.25) is 0 Å². The maximum absolute atomic E-state index is 5.86. The van der Waals surface area contributed by atoms with Gasteiger partial charge in [0, 0.05) is 12.2 Å². The Bertz CT molecular complexity index is 394. The molecule has 0 unspecified atom stereocenters. The van der Waals surface area contributed by atoms with Gasteiger partial charge < -0.3 is 11.1 Å². The normalized spacial score (nSPS) is 17.4. The maximum Gasteiger partial charge on any atom is 0.189 e. The van der Waals surface area contributed by atoms with E-state index < -0.39 is 0 Å². The van der Waals surface area contributed by atoms with E-state index in [-0.39, 0.29) is 0 Å². The summed E-state index contributed by atoms with van der Waals surface area (Å²) in [5, 5.41) is 3.27. The van der Waals surface area contributed by atoms with Crippen LogP contribution in [0.15, 0.2) is 23.3 Å². The van der Waals surface area contributed by atoms with Crippen molar-refractivity contribution in [1.82, 2.24) is 10.3 Å². The zero-order valence-corrected chi connectivity index (χ0v) is 10.3. The first kappa shape index (κ1) is 11.9. The quantitative estimate of drug-likeness (QED) is 0.616. The fourth-order valence-electron chi connectivity index (χ4n) is 2.17. The highest BCUT2D eigenvalue weighted by molar-refractivity contribution is 5.78. The number of nitrogens with one attached hydrogen (secondary N) is 1. The lowest BCUT2D eigenvalue weighted by molar-refractivity contribution is 0.625. The first-order valence-corrected chi connectivity index (χ1v) is 6.22. The molecule has 1 aliphatic carbocycles. The zero-order valence-electron chi connectivity index (χ0n) is 10.3. The smallest absolute Gasteiger partial charge is 0.189 e. The first-order chi connectivity index (χ1) is 8.25. The summed E-state index contributed by atoms with van der Waals surface area (Å²) < 4.78 is 0. The number of hydrogen-bond acceptors (Lipinski definition) is 2. The predicted octanol–water partition coefficient (Wildman–Crippen LogP) is 1.74. The minimum atomic E-state index is 0.517. The van der Waals surface area contributed by atoms with Crippen LogP contribution in [0.25, 0.3) is 0 Å². The largest absolute Gasteiger partial charge is 0.370 e. The fourth-order valence-corrected chi connectivity index (χ4v) is 2.17. The van der Waals surface area contributed by atoms with E-state index in [1.807, 2.05) is 19.1 Å². The van der Waals surface area contributed by atoms with Crippen molar-refractivity contribution >= 4 is 5.96 Å². The van der Waals surface area contributed by atoms with E-state index in [2.05, 4.69) is 15.3 Å². The number of aromatic nitrogens is 1. The van der Waals surface area contributed by atoms with Crippen LogP contribution in [0.5, 0.6) is 0 Å². The number of aryl methyl sites for hydroxylation is 1. The average Bonchev–Trinajstić information content (AvgIpc) is 2.81. The standard InChI is InChI=1S/C13H20N4/c1-10-5-4-8-15-12(10)9-16-13(14)17-11-6-2-3-7-11/h4-5,8,11H,2-3,6-7,9H2,1H3,(H3,14,16,17). The Morgan fingerprint density at radius 3 is 3.00 bits per heavy atom. The Morgan fingerprint density at radius 1 is 1.53 bits per heavy atom. The number of guanidine groups is 1. The number of aliphatic imine (C=N–C) groups is 1. The summed E-state index contributed by atoms with van der Waals surface area (Å²) in [7, 11) is 0. The third-order valence-corrected chi connectivity index (χ3v) is 3.22. The van der Waals surface area contributed by atoms with Crippen molar-refractivity contribution in [1.29, 1.82) is 0 Å². The lowest BCUT2D eigenvalue weighted by Gasteiger charge is -2.12. The van der Waals surface area contributed by atoms with E-state index in [4.69, 9.17) is 5.73 Å². The van der Waals surface area contributed by atoms with Crippen molar-refractivity contribution in [3.8, 4) is 0 Å². The SMILES string of the molecule is Cc1cccnc1CN=C(N)NC1CCCC1. The van der Waals surface area contributed by atoms with Crippen LogP contribution in [0.4, 0.5) is 0 Å². The van der Waals surface area contributed by atoms with Crippen molar-refractivity contribution in [2.45, 2.75) is 45.2 Å². The maximum atomic E-state index is 5.86. The second-order valence-electron chi connectivity index (χ2n) is 4.59. The second-order valence-corrected chi connectivity index (χ2v) is 4.59. The van der Waals surface area contributed by atoms with Gasteiger partial charge >= 0.3 is 0 Å². The highest BCUT2D eigenvalue weighted by Gasteiger charge is 2.14. The predicted molar refractivity (Wildman–Crippen MR) is 69.7 cm³/mol. The lowest BCUT2D eigenvalue weighted by atomic mass is 10.2. The van der Waals surface area contributed by atoms with Gasteiger partial charge in [0.25, 0.3) is 0 Å². The molecule has 3 N–H and O–H groups in total. The Hall–Kier alpha value is -1.58. The number of pyridine rings is 1. The molecule has 1 aromatic heterocycles. The Kier molecular flexibility index (Phi) is 3.96. The van der Waals surface area contributed by atoms with E-state index >= 15 is 0 Å². The molecule has 1 aliphatic rings. The summed E-state index contributed by atoms with van der Waals surface area (Å²) in [5.41, 5.74) is 8.01.